The van der Waals surface area contributed by atoms with E-state index < -0.39 is 0 Å². The normalized spacial score (nSPS) is 10.8. The second kappa shape index (κ2) is 6.71. The molecular formula is C13H19NOS. The smallest absolute Gasteiger partial charge is 0.176 e. The number of ketones is 1. The van der Waals surface area contributed by atoms with Gasteiger partial charge in [0.2, 0.25) is 0 Å². The number of likely N-dealkylation sites (N-methyl/N-ethyl adjacent to an activating group) is 1. The van der Waals surface area contributed by atoms with Crippen molar-refractivity contribution in [3.63, 3.8) is 0 Å². The summed E-state index contributed by atoms with van der Waals surface area (Å²) in [5.74, 6) is 0.198. The molecule has 16 heavy (non-hydrogen) atoms. The molecule has 88 valence electrons. The first-order valence-electron chi connectivity index (χ1n) is 5.53. The Labute approximate surface area is 102 Å². The standard InChI is InChI=1S/C13H19NOS/c1-4-9-14(2)10-13(15)11-5-7-12(16-3)8-6-11/h5-8H,4,9-10H2,1-3H3. The Balaban J connectivity index is 2.59. The number of rotatable bonds is 6. The second-order valence-electron chi connectivity index (χ2n) is 3.89. The van der Waals surface area contributed by atoms with Gasteiger partial charge in [-0.2, -0.15) is 0 Å². The third kappa shape index (κ3) is 3.99. The van der Waals surface area contributed by atoms with Gasteiger partial charge in [0, 0.05) is 10.5 Å². The van der Waals surface area contributed by atoms with Crippen LogP contribution in [0, 0.1) is 0 Å². The Morgan fingerprint density at radius 1 is 1.31 bits per heavy atom. The maximum absolute atomic E-state index is 11.9. The fraction of sp³-hybridized carbons (Fsp3) is 0.462. The fourth-order valence-electron chi connectivity index (χ4n) is 1.57. The minimum absolute atomic E-state index is 0.198. The van der Waals surface area contributed by atoms with E-state index in [4.69, 9.17) is 0 Å². The number of hydrogen-bond acceptors (Lipinski definition) is 3. The first-order chi connectivity index (χ1) is 7.67. The molecule has 0 aliphatic rings. The summed E-state index contributed by atoms with van der Waals surface area (Å²) in [4.78, 5) is 15.1. The lowest BCUT2D eigenvalue weighted by molar-refractivity contribution is 0.0946. The maximum Gasteiger partial charge on any atom is 0.176 e. The molecule has 0 unspecified atom stereocenters. The molecule has 0 atom stereocenters. The van der Waals surface area contributed by atoms with Crippen LogP contribution in [0.5, 0.6) is 0 Å². The van der Waals surface area contributed by atoms with Crippen LogP contribution in [0.2, 0.25) is 0 Å². The Morgan fingerprint density at radius 2 is 1.94 bits per heavy atom. The molecule has 0 aliphatic carbocycles. The summed E-state index contributed by atoms with van der Waals surface area (Å²) < 4.78 is 0. The molecule has 0 saturated heterocycles. The molecule has 0 saturated carbocycles. The van der Waals surface area contributed by atoms with Gasteiger partial charge in [0.05, 0.1) is 6.54 Å². The Hall–Kier alpha value is -0.800. The molecule has 0 spiro atoms. The van der Waals surface area contributed by atoms with E-state index in [1.54, 1.807) is 11.8 Å². The first-order valence-corrected chi connectivity index (χ1v) is 6.75. The van der Waals surface area contributed by atoms with E-state index >= 15 is 0 Å². The Bertz CT molecular complexity index is 334. The van der Waals surface area contributed by atoms with E-state index in [0.29, 0.717) is 6.54 Å². The van der Waals surface area contributed by atoms with Gasteiger partial charge in [-0.15, -0.1) is 11.8 Å². The summed E-state index contributed by atoms with van der Waals surface area (Å²) in [6, 6.07) is 7.82. The molecule has 3 heteroatoms. The molecule has 0 aliphatic heterocycles. The highest BCUT2D eigenvalue weighted by molar-refractivity contribution is 7.98. The zero-order valence-electron chi connectivity index (χ0n) is 10.2. The molecule has 0 fully saturated rings. The van der Waals surface area contributed by atoms with Gasteiger partial charge >= 0.3 is 0 Å². The Kier molecular flexibility index (Phi) is 5.56. The lowest BCUT2D eigenvalue weighted by Gasteiger charge is -2.14. The van der Waals surface area contributed by atoms with Crippen molar-refractivity contribution in [2.75, 3.05) is 26.4 Å². The van der Waals surface area contributed by atoms with Gasteiger partial charge in [0.25, 0.3) is 0 Å². The maximum atomic E-state index is 11.9. The molecule has 0 bridgehead atoms. The van der Waals surface area contributed by atoms with Gasteiger partial charge < -0.3 is 0 Å². The van der Waals surface area contributed by atoms with E-state index in [1.165, 1.54) is 4.90 Å². The highest BCUT2D eigenvalue weighted by Crippen LogP contribution is 2.15. The van der Waals surface area contributed by atoms with Crippen LogP contribution in [-0.4, -0.2) is 37.1 Å². The predicted octanol–water partition coefficient (Wildman–Crippen LogP) is 2.93. The molecule has 0 radical (unpaired) electrons. The lowest BCUT2D eigenvalue weighted by Crippen LogP contribution is -2.26. The summed E-state index contributed by atoms with van der Waals surface area (Å²) >= 11 is 1.69. The monoisotopic (exact) mass is 237 g/mol. The van der Waals surface area contributed by atoms with Crippen LogP contribution < -0.4 is 0 Å². The molecule has 0 heterocycles. The van der Waals surface area contributed by atoms with Crippen molar-refractivity contribution in [1.29, 1.82) is 0 Å². The summed E-state index contributed by atoms with van der Waals surface area (Å²) in [7, 11) is 1.98. The predicted molar refractivity (Wildman–Crippen MR) is 70.3 cm³/mol. The molecule has 0 aromatic heterocycles. The molecule has 0 N–H and O–H groups in total. The average Bonchev–Trinajstić information content (AvgIpc) is 2.29. The molecular weight excluding hydrogens is 218 g/mol. The summed E-state index contributed by atoms with van der Waals surface area (Å²) in [5.41, 5.74) is 0.806. The van der Waals surface area contributed by atoms with Crippen molar-refractivity contribution in [2.24, 2.45) is 0 Å². The van der Waals surface area contributed by atoms with Crippen LogP contribution in [-0.2, 0) is 0 Å². The average molecular weight is 237 g/mol. The largest absolute Gasteiger partial charge is 0.299 e. The van der Waals surface area contributed by atoms with E-state index in [0.717, 1.165) is 18.5 Å². The molecule has 1 aromatic rings. The van der Waals surface area contributed by atoms with Gasteiger partial charge in [0.1, 0.15) is 0 Å². The van der Waals surface area contributed by atoms with Crippen LogP contribution in [0.4, 0.5) is 0 Å². The highest BCUT2D eigenvalue weighted by Gasteiger charge is 2.08. The van der Waals surface area contributed by atoms with Crippen molar-refractivity contribution in [1.82, 2.24) is 4.90 Å². The number of carbonyl (C=O) groups excluding carboxylic acids is 1. The number of Topliss-reactive ketones (excluding diaryl/α,β-unsaturated/α-hetero) is 1. The summed E-state index contributed by atoms with van der Waals surface area (Å²) in [5, 5.41) is 0. The van der Waals surface area contributed by atoms with E-state index in [2.05, 4.69) is 11.8 Å². The minimum atomic E-state index is 0.198. The number of hydrogen-bond donors (Lipinski definition) is 0. The highest BCUT2D eigenvalue weighted by atomic mass is 32.2. The van der Waals surface area contributed by atoms with Crippen LogP contribution in [0.15, 0.2) is 29.2 Å². The van der Waals surface area contributed by atoms with Crippen molar-refractivity contribution < 1.29 is 4.79 Å². The third-order valence-corrected chi connectivity index (χ3v) is 3.17. The fourth-order valence-corrected chi connectivity index (χ4v) is 1.98. The topological polar surface area (TPSA) is 20.3 Å². The van der Waals surface area contributed by atoms with Crippen molar-refractivity contribution in [3.8, 4) is 0 Å². The first kappa shape index (κ1) is 13.3. The lowest BCUT2D eigenvalue weighted by atomic mass is 10.1. The molecule has 1 aromatic carbocycles. The molecule has 0 amide bonds. The molecule has 1 rings (SSSR count). The van der Waals surface area contributed by atoms with Crippen LogP contribution in [0.3, 0.4) is 0 Å². The van der Waals surface area contributed by atoms with E-state index in [-0.39, 0.29) is 5.78 Å². The molecule has 2 nitrogen and oxygen atoms in total. The van der Waals surface area contributed by atoms with E-state index in [9.17, 15) is 4.79 Å². The summed E-state index contributed by atoms with van der Waals surface area (Å²) in [6.45, 7) is 3.59. The van der Waals surface area contributed by atoms with Gasteiger partial charge in [-0.25, -0.2) is 0 Å². The van der Waals surface area contributed by atoms with Gasteiger partial charge in [-0.05, 0) is 38.4 Å². The van der Waals surface area contributed by atoms with Crippen molar-refractivity contribution >= 4 is 17.5 Å². The zero-order valence-corrected chi connectivity index (χ0v) is 11.0. The summed E-state index contributed by atoms with van der Waals surface area (Å²) in [6.07, 6.45) is 3.11. The van der Waals surface area contributed by atoms with Crippen LogP contribution >= 0.6 is 11.8 Å². The quantitative estimate of drug-likeness (QED) is 0.560. The van der Waals surface area contributed by atoms with Crippen molar-refractivity contribution in [2.45, 2.75) is 18.2 Å². The van der Waals surface area contributed by atoms with Crippen molar-refractivity contribution in [3.05, 3.63) is 29.8 Å². The third-order valence-electron chi connectivity index (χ3n) is 2.43. The number of nitrogens with zero attached hydrogens (tertiary/aromatic N) is 1. The second-order valence-corrected chi connectivity index (χ2v) is 4.77. The van der Waals surface area contributed by atoms with Gasteiger partial charge in [-0.1, -0.05) is 19.1 Å². The van der Waals surface area contributed by atoms with Gasteiger partial charge in [0.15, 0.2) is 5.78 Å². The zero-order chi connectivity index (χ0) is 12.0. The van der Waals surface area contributed by atoms with Crippen LogP contribution in [0.25, 0.3) is 0 Å². The number of benzene rings is 1. The van der Waals surface area contributed by atoms with E-state index in [1.807, 2.05) is 37.6 Å². The number of thioether (sulfide) groups is 1. The number of carbonyl (C=O) groups is 1. The Morgan fingerprint density at radius 3 is 2.44 bits per heavy atom. The minimum Gasteiger partial charge on any atom is -0.299 e. The van der Waals surface area contributed by atoms with Gasteiger partial charge in [-0.3, -0.25) is 9.69 Å². The van der Waals surface area contributed by atoms with Crippen LogP contribution in [0.1, 0.15) is 23.7 Å². The SMILES string of the molecule is CCCN(C)CC(=O)c1ccc(SC)cc1.